The van der Waals surface area contributed by atoms with Crippen LogP contribution in [0.2, 0.25) is 0 Å². The van der Waals surface area contributed by atoms with E-state index in [0.717, 1.165) is 0 Å². The van der Waals surface area contributed by atoms with Crippen LogP contribution in [0.15, 0.2) is 24.3 Å². The van der Waals surface area contributed by atoms with Gasteiger partial charge in [-0.15, -0.1) is 0 Å². The highest BCUT2D eigenvalue weighted by atomic mass is 19.1. The molecule has 2 nitrogen and oxygen atoms in total. The van der Waals surface area contributed by atoms with Crippen LogP contribution < -0.4 is 4.74 Å². The van der Waals surface area contributed by atoms with Gasteiger partial charge < -0.3 is 4.74 Å². The summed E-state index contributed by atoms with van der Waals surface area (Å²) in [6, 6.07) is 5.65. The van der Waals surface area contributed by atoms with Gasteiger partial charge in [0, 0.05) is 6.07 Å². The minimum atomic E-state index is -0.367. The van der Waals surface area contributed by atoms with Gasteiger partial charge in [-0.1, -0.05) is 6.07 Å². The summed E-state index contributed by atoms with van der Waals surface area (Å²) in [5.74, 6) is 0.00509. The van der Waals surface area contributed by atoms with E-state index in [-0.39, 0.29) is 12.4 Å². The van der Waals surface area contributed by atoms with E-state index in [1.54, 1.807) is 6.07 Å². The van der Waals surface area contributed by atoms with E-state index in [4.69, 9.17) is 4.74 Å². The van der Waals surface area contributed by atoms with Crippen molar-refractivity contribution in [1.82, 2.24) is 0 Å². The molecule has 0 saturated heterocycles. The van der Waals surface area contributed by atoms with Crippen molar-refractivity contribution in [3.63, 3.8) is 0 Å². The normalized spacial score (nSPS) is 9.18. The number of rotatable bonds is 3. The molecule has 0 aromatic heterocycles. The molecule has 0 N–H and O–H groups in total. The fourth-order valence-corrected chi connectivity index (χ4v) is 0.687. The van der Waals surface area contributed by atoms with Crippen molar-refractivity contribution in [1.29, 1.82) is 0 Å². The van der Waals surface area contributed by atoms with Crippen LogP contribution in [0, 0.1) is 5.82 Å². The summed E-state index contributed by atoms with van der Waals surface area (Å²) in [5.41, 5.74) is 0. The third kappa shape index (κ3) is 2.37. The predicted molar refractivity (Wildman–Crippen MR) is 38.0 cm³/mol. The first kappa shape index (κ1) is 7.72. The third-order valence-electron chi connectivity index (χ3n) is 1.11. The molecule has 0 saturated carbocycles. The Kier molecular flexibility index (Phi) is 2.60. The SMILES string of the molecule is O=CCOc1cccc(F)c1. The van der Waals surface area contributed by atoms with E-state index < -0.39 is 0 Å². The Morgan fingerprint density at radius 3 is 3.00 bits per heavy atom. The number of carbonyl (C=O) groups is 1. The van der Waals surface area contributed by atoms with Gasteiger partial charge in [0.25, 0.3) is 0 Å². The number of aldehydes is 1. The van der Waals surface area contributed by atoms with Crippen molar-refractivity contribution in [2.24, 2.45) is 0 Å². The van der Waals surface area contributed by atoms with Crippen molar-refractivity contribution in [3.05, 3.63) is 30.1 Å². The van der Waals surface area contributed by atoms with E-state index in [1.165, 1.54) is 18.2 Å². The van der Waals surface area contributed by atoms with Crippen LogP contribution in [0.25, 0.3) is 0 Å². The number of benzene rings is 1. The summed E-state index contributed by atoms with van der Waals surface area (Å²) < 4.78 is 17.3. The van der Waals surface area contributed by atoms with Gasteiger partial charge in [0.15, 0.2) is 6.29 Å². The average Bonchev–Trinajstić information content (AvgIpc) is 2.01. The van der Waals surface area contributed by atoms with Crippen molar-refractivity contribution >= 4 is 6.29 Å². The fourth-order valence-electron chi connectivity index (χ4n) is 0.687. The van der Waals surface area contributed by atoms with Crippen LogP contribution in [0.4, 0.5) is 4.39 Å². The Morgan fingerprint density at radius 1 is 1.55 bits per heavy atom. The summed E-state index contributed by atoms with van der Waals surface area (Å²) in [6.07, 6.45) is 0.616. The molecule has 0 spiro atoms. The second-order valence-corrected chi connectivity index (χ2v) is 1.94. The highest BCUT2D eigenvalue weighted by molar-refractivity contribution is 5.51. The van der Waals surface area contributed by atoms with Gasteiger partial charge in [-0.3, -0.25) is 4.79 Å². The Morgan fingerprint density at radius 2 is 2.36 bits per heavy atom. The Bertz CT molecular complexity index is 248. The van der Waals surface area contributed by atoms with Gasteiger partial charge in [0.1, 0.15) is 18.2 Å². The zero-order valence-electron chi connectivity index (χ0n) is 5.79. The average molecular weight is 154 g/mol. The molecule has 0 heterocycles. The van der Waals surface area contributed by atoms with Gasteiger partial charge in [-0.05, 0) is 12.1 Å². The standard InChI is InChI=1S/C8H7FO2/c9-7-2-1-3-8(6-7)11-5-4-10/h1-4,6H,5H2. The van der Waals surface area contributed by atoms with Crippen LogP contribution in [-0.4, -0.2) is 12.9 Å². The minimum absolute atomic E-state index is 0.0382. The van der Waals surface area contributed by atoms with Crippen LogP contribution >= 0.6 is 0 Å². The molecule has 0 fully saturated rings. The molecule has 0 aliphatic rings. The second-order valence-electron chi connectivity index (χ2n) is 1.94. The molecule has 0 radical (unpaired) electrons. The lowest BCUT2D eigenvalue weighted by Gasteiger charge is -1.99. The molecule has 11 heavy (non-hydrogen) atoms. The summed E-state index contributed by atoms with van der Waals surface area (Å²) in [4.78, 5) is 9.84. The number of carbonyl (C=O) groups excluding carboxylic acids is 1. The first-order valence-electron chi connectivity index (χ1n) is 3.15. The van der Waals surface area contributed by atoms with Gasteiger partial charge in [-0.2, -0.15) is 0 Å². The summed E-state index contributed by atoms with van der Waals surface area (Å²) >= 11 is 0. The Labute approximate surface area is 63.6 Å². The fraction of sp³-hybridized carbons (Fsp3) is 0.125. The zero-order valence-corrected chi connectivity index (χ0v) is 5.79. The molecule has 0 aliphatic carbocycles. The maximum Gasteiger partial charge on any atom is 0.157 e. The second kappa shape index (κ2) is 3.71. The Hall–Kier alpha value is -1.38. The maximum absolute atomic E-state index is 12.4. The van der Waals surface area contributed by atoms with E-state index in [2.05, 4.69) is 0 Å². The van der Waals surface area contributed by atoms with E-state index in [9.17, 15) is 9.18 Å². The highest BCUT2D eigenvalue weighted by Crippen LogP contribution is 2.10. The molecular formula is C8H7FO2. The molecule has 0 aliphatic heterocycles. The predicted octanol–water partition coefficient (Wildman–Crippen LogP) is 1.40. The lowest BCUT2D eigenvalue weighted by Crippen LogP contribution is -1.97. The first-order valence-corrected chi connectivity index (χ1v) is 3.15. The molecule has 0 unspecified atom stereocenters. The van der Waals surface area contributed by atoms with Gasteiger partial charge in [0.05, 0.1) is 0 Å². The number of ether oxygens (including phenoxy) is 1. The summed E-state index contributed by atoms with van der Waals surface area (Å²) in [6.45, 7) is -0.0382. The number of hydrogen-bond acceptors (Lipinski definition) is 2. The lowest BCUT2D eigenvalue weighted by molar-refractivity contribution is -0.109. The maximum atomic E-state index is 12.4. The quantitative estimate of drug-likeness (QED) is 0.615. The van der Waals surface area contributed by atoms with Crippen LogP contribution in [-0.2, 0) is 4.79 Å². The van der Waals surface area contributed by atoms with Gasteiger partial charge in [-0.25, -0.2) is 4.39 Å². The minimum Gasteiger partial charge on any atom is -0.486 e. The molecule has 58 valence electrons. The van der Waals surface area contributed by atoms with E-state index in [1.807, 2.05) is 0 Å². The van der Waals surface area contributed by atoms with Crippen molar-refractivity contribution in [3.8, 4) is 5.75 Å². The molecule has 0 bridgehead atoms. The van der Waals surface area contributed by atoms with E-state index in [0.29, 0.717) is 12.0 Å². The molecule has 0 amide bonds. The largest absolute Gasteiger partial charge is 0.486 e. The number of hydrogen-bond donors (Lipinski definition) is 0. The van der Waals surface area contributed by atoms with Crippen LogP contribution in [0.1, 0.15) is 0 Å². The van der Waals surface area contributed by atoms with Gasteiger partial charge >= 0.3 is 0 Å². The van der Waals surface area contributed by atoms with Crippen molar-refractivity contribution < 1.29 is 13.9 Å². The molecular weight excluding hydrogens is 147 g/mol. The number of halogens is 1. The summed E-state index contributed by atoms with van der Waals surface area (Å²) in [7, 11) is 0. The Balaban J connectivity index is 2.63. The van der Waals surface area contributed by atoms with E-state index >= 15 is 0 Å². The van der Waals surface area contributed by atoms with Gasteiger partial charge in [0.2, 0.25) is 0 Å². The monoisotopic (exact) mass is 154 g/mol. The van der Waals surface area contributed by atoms with Crippen molar-refractivity contribution in [2.45, 2.75) is 0 Å². The third-order valence-corrected chi connectivity index (χ3v) is 1.11. The molecule has 0 atom stereocenters. The topological polar surface area (TPSA) is 26.3 Å². The van der Waals surface area contributed by atoms with Crippen LogP contribution in [0.5, 0.6) is 5.75 Å². The lowest BCUT2D eigenvalue weighted by atomic mass is 10.3. The highest BCUT2D eigenvalue weighted by Gasteiger charge is 1.93. The molecule has 3 heteroatoms. The molecule has 1 aromatic rings. The molecule has 1 aromatic carbocycles. The molecule has 1 rings (SSSR count). The summed E-state index contributed by atoms with van der Waals surface area (Å²) in [5, 5.41) is 0. The zero-order chi connectivity index (χ0) is 8.10. The first-order chi connectivity index (χ1) is 5.33. The van der Waals surface area contributed by atoms with Crippen LogP contribution in [0.3, 0.4) is 0 Å². The smallest absolute Gasteiger partial charge is 0.157 e. The van der Waals surface area contributed by atoms with Crippen molar-refractivity contribution in [2.75, 3.05) is 6.61 Å².